The molecule has 0 aromatic heterocycles. The molecule has 0 radical (unpaired) electrons. The van der Waals surface area contributed by atoms with E-state index in [1.165, 1.54) is 0 Å². The molecule has 0 heterocycles. The Kier molecular flexibility index (Phi) is 584. The maximum Gasteiger partial charge on any atom is 2.00 e. The second-order valence-corrected chi connectivity index (χ2v) is 0. The summed E-state index contributed by atoms with van der Waals surface area (Å²) in [5, 5.41) is 0. The summed E-state index contributed by atoms with van der Waals surface area (Å²) >= 11 is 0. The van der Waals surface area contributed by atoms with Crippen LogP contribution in [-0.4, -0.2) is 29.8 Å². The third-order valence-corrected chi connectivity index (χ3v) is 0. The van der Waals surface area contributed by atoms with Gasteiger partial charge in [0.15, 0.2) is 0 Å². The topological polar surface area (TPSA) is 17.1 Å². The smallest absolute Gasteiger partial charge is 1.00 e. The van der Waals surface area contributed by atoms with Crippen molar-refractivity contribution < 1.29 is 29.6 Å². The molecule has 0 spiro atoms. The maximum atomic E-state index is 8.00. The normalized spacial score (nSPS) is 0.800. The van der Waals surface area contributed by atoms with Gasteiger partial charge >= 0.3 is 23.1 Å². The molecule has 0 aromatic carbocycles. The van der Waals surface area contributed by atoms with Gasteiger partial charge in [-0.3, -0.25) is 0 Å². The van der Waals surface area contributed by atoms with Gasteiger partial charge in [0.05, 0.1) is 0 Å². The van der Waals surface area contributed by atoms with Gasteiger partial charge in [-0.1, -0.05) is 0 Å². The number of carbonyl (C=O) groups is 1. The Hall–Kier alpha value is 1.02. The van der Waals surface area contributed by atoms with Crippen molar-refractivity contribution in [2.24, 2.45) is 0 Å². The Balaban J connectivity index is -0.00000000167. The average molecular weight is 125 g/mol. The first-order chi connectivity index (χ1) is 1.00. The Morgan fingerprint density at radius 1 is 1.00 bits per heavy atom. The van der Waals surface area contributed by atoms with Gasteiger partial charge in [0.25, 0.3) is 0 Å². The van der Waals surface area contributed by atoms with Gasteiger partial charge in [0.1, 0.15) is 6.79 Å². The first-order valence-electron chi connectivity index (χ1n) is 0.289. The summed E-state index contributed by atoms with van der Waals surface area (Å²) in [4.78, 5) is 8.00. The van der Waals surface area contributed by atoms with E-state index in [9.17, 15) is 0 Å². The molecule has 0 N–H and O–H groups in total. The molecule has 0 unspecified atom stereocenters. The van der Waals surface area contributed by atoms with Crippen LogP contribution in [-0.2, 0) is 4.79 Å². The van der Waals surface area contributed by atoms with Crippen molar-refractivity contribution in [3.63, 3.8) is 0 Å². The van der Waals surface area contributed by atoms with Crippen LogP contribution in [0.1, 0.15) is 0 Å². The summed E-state index contributed by atoms with van der Waals surface area (Å²) in [6.07, 6.45) is 0. The van der Waals surface area contributed by atoms with Crippen molar-refractivity contribution in [2.75, 3.05) is 0 Å². The molecule has 28 valence electrons. The van der Waals surface area contributed by atoms with Crippen LogP contribution in [0, 0.1) is 0 Å². The van der Waals surface area contributed by atoms with Crippen LogP contribution < -0.4 is 24.8 Å². The van der Waals surface area contributed by atoms with Crippen molar-refractivity contribution in [3.05, 3.63) is 0 Å². The van der Waals surface area contributed by atoms with Crippen LogP contribution in [0.5, 0.6) is 0 Å². The largest absolute Gasteiger partial charge is 2.00 e. The van der Waals surface area contributed by atoms with E-state index in [1.807, 2.05) is 6.79 Å². The molecule has 0 amide bonds. The van der Waals surface area contributed by atoms with Crippen LogP contribution in [0.25, 0.3) is 0 Å². The molecule has 0 saturated heterocycles. The van der Waals surface area contributed by atoms with Crippen LogP contribution in [0.2, 0.25) is 0 Å². The Morgan fingerprint density at radius 2 is 1.00 bits per heavy atom. The summed E-state index contributed by atoms with van der Waals surface area (Å²) in [6, 6.07) is 0. The SMILES string of the molecule is C=O.[Cl-].[Cl-].[Mg+2]. The molecular weight excluding hydrogens is 123 g/mol. The van der Waals surface area contributed by atoms with E-state index in [0.717, 1.165) is 0 Å². The summed E-state index contributed by atoms with van der Waals surface area (Å²) in [5.74, 6) is 0. The number of carbonyl (C=O) groups excluding carboxylic acids is 1. The zero-order valence-electron chi connectivity index (χ0n) is 2.58. The molecule has 5 heavy (non-hydrogen) atoms. The molecule has 0 saturated carbocycles. The van der Waals surface area contributed by atoms with Crippen molar-refractivity contribution in [3.8, 4) is 0 Å². The van der Waals surface area contributed by atoms with Gasteiger partial charge in [-0.25, -0.2) is 0 Å². The standard InChI is InChI=1S/CH2O.2ClH.Mg/c1-2;;;/h1H2;2*1H;/q;;;+2/p-2. The van der Waals surface area contributed by atoms with Gasteiger partial charge in [0.2, 0.25) is 0 Å². The first kappa shape index (κ1) is 37.2. The molecule has 0 atom stereocenters. The molecule has 0 bridgehead atoms. The van der Waals surface area contributed by atoms with E-state index in [1.54, 1.807) is 0 Å². The summed E-state index contributed by atoms with van der Waals surface area (Å²) in [6.45, 7) is 2.00. The van der Waals surface area contributed by atoms with E-state index in [4.69, 9.17) is 4.79 Å². The summed E-state index contributed by atoms with van der Waals surface area (Å²) in [7, 11) is 0. The fourth-order valence-electron chi connectivity index (χ4n) is 0. The molecule has 0 aromatic rings. The molecule has 0 aliphatic carbocycles. The van der Waals surface area contributed by atoms with E-state index >= 15 is 0 Å². The number of rotatable bonds is 0. The molecule has 4 heteroatoms. The van der Waals surface area contributed by atoms with Crippen LogP contribution >= 0.6 is 0 Å². The van der Waals surface area contributed by atoms with Crippen LogP contribution in [0.15, 0.2) is 0 Å². The van der Waals surface area contributed by atoms with Crippen molar-refractivity contribution in [1.82, 2.24) is 0 Å². The van der Waals surface area contributed by atoms with Crippen molar-refractivity contribution in [2.45, 2.75) is 0 Å². The van der Waals surface area contributed by atoms with Crippen LogP contribution in [0.4, 0.5) is 0 Å². The monoisotopic (exact) mass is 124 g/mol. The molecule has 0 fully saturated rings. The minimum absolute atomic E-state index is 0. The third-order valence-electron chi connectivity index (χ3n) is 0. The van der Waals surface area contributed by atoms with Crippen molar-refractivity contribution >= 4 is 29.8 Å². The van der Waals surface area contributed by atoms with E-state index in [0.29, 0.717) is 0 Å². The van der Waals surface area contributed by atoms with E-state index in [2.05, 4.69) is 0 Å². The average Bonchev–Trinajstić information content (AvgIpc) is 1.00. The van der Waals surface area contributed by atoms with E-state index in [-0.39, 0.29) is 47.9 Å². The Bertz CT molecular complexity index is 9.61. The first-order valence-corrected chi connectivity index (χ1v) is 0.289. The number of hydrogen-bond acceptors (Lipinski definition) is 1. The maximum absolute atomic E-state index is 8.00. The van der Waals surface area contributed by atoms with E-state index < -0.39 is 0 Å². The number of hydrogen-bond donors (Lipinski definition) is 0. The van der Waals surface area contributed by atoms with Gasteiger partial charge in [-0.05, 0) is 0 Å². The van der Waals surface area contributed by atoms with Gasteiger partial charge in [-0.15, -0.1) is 0 Å². The Labute approximate surface area is 59.5 Å². The zero-order chi connectivity index (χ0) is 2.00. The van der Waals surface area contributed by atoms with Crippen LogP contribution in [0.3, 0.4) is 0 Å². The quantitative estimate of drug-likeness (QED) is 0.294. The Morgan fingerprint density at radius 3 is 1.00 bits per heavy atom. The van der Waals surface area contributed by atoms with Gasteiger partial charge in [0, 0.05) is 0 Å². The number of halogens is 2. The zero-order valence-corrected chi connectivity index (χ0v) is 5.50. The second kappa shape index (κ2) is 78.3. The minimum atomic E-state index is 0. The summed E-state index contributed by atoms with van der Waals surface area (Å²) in [5.41, 5.74) is 0. The van der Waals surface area contributed by atoms with Gasteiger partial charge < -0.3 is 29.6 Å². The van der Waals surface area contributed by atoms with Crippen molar-refractivity contribution in [1.29, 1.82) is 0 Å². The molecular formula is CH2Cl2MgO. The second-order valence-electron chi connectivity index (χ2n) is 0. The molecule has 0 rings (SSSR count). The fraction of sp³-hybridized carbons (Fsp3) is 0. The molecule has 1 nitrogen and oxygen atoms in total. The fourth-order valence-corrected chi connectivity index (χ4v) is 0. The predicted molar refractivity (Wildman–Crippen MR) is 12.9 cm³/mol. The minimum Gasteiger partial charge on any atom is -1.00 e. The third kappa shape index (κ3) is 44.2. The van der Waals surface area contributed by atoms with Gasteiger partial charge in [-0.2, -0.15) is 0 Å². The molecule has 0 aliphatic rings. The molecule has 0 aliphatic heterocycles. The predicted octanol–water partition coefficient (Wildman–Crippen LogP) is -6.56. The summed E-state index contributed by atoms with van der Waals surface area (Å²) < 4.78 is 0.